The van der Waals surface area contributed by atoms with Crippen LogP contribution in [-0.2, 0) is 9.59 Å². The van der Waals surface area contributed by atoms with Crippen molar-refractivity contribution in [2.75, 3.05) is 13.6 Å². The summed E-state index contributed by atoms with van der Waals surface area (Å²) in [7, 11) is 1.57. The number of hydrogen-bond donors (Lipinski definition) is 1. The molecule has 0 aliphatic carbocycles. The fraction of sp³-hybridized carbons (Fsp3) is 0.667. The van der Waals surface area contributed by atoms with Crippen LogP contribution in [0, 0.1) is 0 Å². The highest BCUT2D eigenvalue weighted by molar-refractivity contribution is 5.93. The van der Waals surface area contributed by atoms with E-state index in [0.717, 1.165) is 0 Å². The van der Waals surface area contributed by atoms with Crippen LogP contribution in [0.5, 0.6) is 0 Å². The van der Waals surface area contributed by atoms with Crippen molar-refractivity contribution in [2.45, 2.75) is 13.3 Å². The van der Waals surface area contributed by atoms with Crippen LogP contribution in [0.4, 0.5) is 0 Å². The monoisotopic (exact) mass is 145 g/mol. The third-order valence-corrected chi connectivity index (χ3v) is 1.20. The minimum Gasteiger partial charge on any atom is -0.481 e. The van der Waals surface area contributed by atoms with Crippen LogP contribution in [0.3, 0.4) is 0 Å². The Hall–Kier alpha value is -1.06. The van der Waals surface area contributed by atoms with Crippen LogP contribution in [0.1, 0.15) is 13.3 Å². The van der Waals surface area contributed by atoms with Gasteiger partial charge in [-0.1, -0.05) is 0 Å². The summed E-state index contributed by atoms with van der Waals surface area (Å²) < 4.78 is 0. The van der Waals surface area contributed by atoms with Crippen molar-refractivity contribution < 1.29 is 14.7 Å². The second-order valence-corrected chi connectivity index (χ2v) is 1.98. The molecule has 0 heterocycles. The Morgan fingerprint density at radius 3 is 2.30 bits per heavy atom. The first kappa shape index (κ1) is 8.94. The maximum atomic E-state index is 10.7. The standard InChI is InChI=1S/C6H11NO3/c1-3-7(2)5(8)4-6(9)10/h3-4H2,1-2H3,(H,9,10). The van der Waals surface area contributed by atoms with E-state index in [2.05, 4.69) is 0 Å². The Balaban J connectivity index is 3.73. The first-order chi connectivity index (χ1) is 4.57. The van der Waals surface area contributed by atoms with Crippen molar-refractivity contribution in [3.05, 3.63) is 0 Å². The van der Waals surface area contributed by atoms with Gasteiger partial charge in [0.15, 0.2) is 0 Å². The summed E-state index contributed by atoms with van der Waals surface area (Å²) in [6.45, 7) is 2.34. The lowest BCUT2D eigenvalue weighted by Crippen LogP contribution is -2.27. The molecule has 0 radical (unpaired) electrons. The Labute approximate surface area is 59.4 Å². The highest BCUT2D eigenvalue weighted by Gasteiger charge is 2.10. The lowest BCUT2D eigenvalue weighted by atomic mass is 10.4. The number of carbonyl (C=O) groups excluding carboxylic acids is 1. The molecule has 0 aromatic heterocycles. The molecule has 0 spiro atoms. The molecule has 0 aliphatic heterocycles. The van der Waals surface area contributed by atoms with Crippen molar-refractivity contribution in [3.63, 3.8) is 0 Å². The molecule has 0 bridgehead atoms. The summed E-state index contributed by atoms with van der Waals surface area (Å²) >= 11 is 0. The van der Waals surface area contributed by atoms with Gasteiger partial charge in [-0.3, -0.25) is 9.59 Å². The van der Waals surface area contributed by atoms with E-state index in [1.165, 1.54) is 4.90 Å². The normalized spacial score (nSPS) is 9.00. The van der Waals surface area contributed by atoms with Gasteiger partial charge in [-0.05, 0) is 6.92 Å². The predicted octanol–water partition coefficient (Wildman–Crippen LogP) is -0.0606. The second kappa shape index (κ2) is 3.87. The molecule has 0 aliphatic rings. The Kier molecular flexibility index (Phi) is 3.46. The Morgan fingerprint density at radius 1 is 1.50 bits per heavy atom. The van der Waals surface area contributed by atoms with Crippen molar-refractivity contribution in [3.8, 4) is 0 Å². The fourth-order valence-corrected chi connectivity index (χ4v) is 0.441. The summed E-state index contributed by atoms with van der Waals surface area (Å²) in [5, 5.41) is 8.18. The summed E-state index contributed by atoms with van der Waals surface area (Å²) in [6, 6.07) is 0. The van der Waals surface area contributed by atoms with E-state index in [-0.39, 0.29) is 5.91 Å². The van der Waals surface area contributed by atoms with Gasteiger partial charge in [0.2, 0.25) is 5.91 Å². The molecule has 0 aromatic carbocycles. The number of rotatable bonds is 3. The van der Waals surface area contributed by atoms with Crippen LogP contribution >= 0.6 is 0 Å². The van der Waals surface area contributed by atoms with Gasteiger partial charge in [0.1, 0.15) is 6.42 Å². The zero-order valence-corrected chi connectivity index (χ0v) is 6.13. The molecule has 58 valence electrons. The minimum atomic E-state index is -1.08. The van der Waals surface area contributed by atoms with Gasteiger partial charge in [0.05, 0.1) is 0 Å². The molecule has 10 heavy (non-hydrogen) atoms. The molecule has 0 saturated heterocycles. The predicted molar refractivity (Wildman–Crippen MR) is 35.6 cm³/mol. The van der Waals surface area contributed by atoms with Gasteiger partial charge in [-0.25, -0.2) is 0 Å². The molecule has 0 unspecified atom stereocenters. The topological polar surface area (TPSA) is 57.6 Å². The van der Waals surface area contributed by atoms with E-state index >= 15 is 0 Å². The van der Waals surface area contributed by atoms with Crippen molar-refractivity contribution >= 4 is 11.9 Å². The lowest BCUT2D eigenvalue weighted by Gasteiger charge is -2.11. The smallest absolute Gasteiger partial charge is 0.312 e. The molecule has 1 N–H and O–H groups in total. The van der Waals surface area contributed by atoms with E-state index in [0.29, 0.717) is 6.54 Å². The molecule has 4 nitrogen and oxygen atoms in total. The summed E-state index contributed by atoms with van der Waals surface area (Å²) in [5.41, 5.74) is 0. The first-order valence-electron chi connectivity index (χ1n) is 3.03. The van der Waals surface area contributed by atoms with E-state index in [1.54, 1.807) is 14.0 Å². The van der Waals surface area contributed by atoms with Crippen molar-refractivity contribution in [2.24, 2.45) is 0 Å². The van der Waals surface area contributed by atoms with Crippen LogP contribution in [0.2, 0.25) is 0 Å². The van der Waals surface area contributed by atoms with Gasteiger partial charge >= 0.3 is 5.97 Å². The van der Waals surface area contributed by atoms with Gasteiger partial charge in [0, 0.05) is 13.6 Å². The van der Waals surface area contributed by atoms with E-state index < -0.39 is 12.4 Å². The SMILES string of the molecule is CCN(C)C(=O)CC(=O)O. The fourth-order valence-electron chi connectivity index (χ4n) is 0.441. The van der Waals surface area contributed by atoms with Crippen LogP contribution < -0.4 is 0 Å². The number of carboxylic acids is 1. The van der Waals surface area contributed by atoms with Crippen LogP contribution in [0.15, 0.2) is 0 Å². The Bertz CT molecular complexity index is 144. The third kappa shape index (κ3) is 3.06. The van der Waals surface area contributed by atoms with Crippen molar-refractivity contribution in [1.82, 2.24) is 4.90 Å². The second-order valence-electron chi connectivity index (χ2n) is 1.98. The summed E-state index contributed by atoms with van der Waals surface area (Å²) in [6.07, 6.45) is -0.412. The maximum absolute atomic E-state index is 10.7. The average Bonchev–Trinajstić information content (AvgIpc) is 1.85. The number of nitrogens with zero attached hydrogens (tertiary/aromatic N) is 1. The lowest BCUT2D eigenvalue weighted by molar-refractivity contribution is -0.143. The zero-order chi connectivity index (χ0) is 8.15. The van der Waals surface area contributed by atoms with E-state index in [9.17, 15) is 9.59 Å². The highest BCUT2D eigenvalue weighted by atomic mass is 16.4. The molecule has 4 heteroatoms. The quantitative estimate of drug-likeness (QED) is 0.566. The summed E-state index contributed by atoms with van der Waals surface area (Å²) in [5.74, 6) is -1.43. The molecule has 0 rings (SSSR count). The molecule has 1 amide bonds. The molecule has 0 saturated carbocycles. The number of carbonyl (C=O) groups is 2. The highest BCUT2D eigenvalue weighted by Crippen LogP contribution is 1.88. The molecular formula is C6H11NO3. The molecule has 0 fully saturated rings. The van der Waals surface area contributed by atoms with Crippen LogP contribution in [-0.4, -0.2) is 35.5 Å². The number of hydrogen-bond acceptors (Lipinski definition) is 2. The molecule has 0 aromatic rings. The zero-order valence-electron chi connectivity index (χ0n) is 6.13. The molecule has 0 atom stereocenters. The minimum absolute atomic E-state index is 0.352. The number of aliphatic carboxylic acids is 1. The van der Waals surface area contributed by atoms with Gasteiger partial charge in [0.25, 0.3) is 0 Å². The number of carboxylic acid groups (broad SMARTS) is 1. The third-order valence-electron chi connectivity index (χ3n) is 1.20. The van der Waals surface area contributed by atoms with Gasteiger partial charge < -0.3 is 10.0 Å². The largest absolute Gasteiger partial charge is 0.481 e. The average molecular weight is 145 g/mol. The van der Waals surface area contributed by atoms with Crippen LogP contribution in [0.25, 0.3) is 0 Å². The van der Waals surface area contributed by atoms with Gasteiger partial charge in [-0.2, -0.15) is 0 Å². The van der Waals surface area contributed by atoms with Gasteiger partial charge in [-0.15, -0.1) is 0 Å². The van der Waals surface area contributed by atoms with E-state index in [4.69, 9.17) is 5.11 Å². The first-order valence-corrected chi connectivity index (χ1v) is 3.03. The number of amides is 1. The Morgan fingerprint density at radius 2 is 2.00 bits per heavy atom. The van der Waals surface area contributed by atoms with Crippen molar-refractivity contribution in [1.29, 1.82) is 0 Å². The van der Waals surface area contributed by atoms with E-state index in [1.807, 2.05) is 0 Å². The summed E-state index contributed by atoms with van der Waals surface area (Å²) in [4.78, 5) is 22.1. The maximum Gasteiger partial charge on any atom is 0.312 e. The molecular weight excluding hydrogens is 134 g/mol.